The molecule has 2 aromatic carbocycles. The summed E-state index contributed by atoms with van der Waals surface area (Å²) in [5.41, 5.74) is 1.74. The summed E-state index contributed by atoms with van der Waals surface area (Å²) in [6, 6.07) is 11.0. The molecule has 246 valence electrons. The van der Waals surface area contributed by atoms with Gasteiger partial charge in [0.05, 0.1) is 31.4 Å². The van der Waals surface area contributed by atoms with Gasteiger partial charge in [0.1, 0.15) is 17.2 Å². The van der Waals surface area contributed by atoms with Crippen LogP contribution in [-0.4, -0.2) is 60.1 Å². The summed E-state index contributed by atoms with van der Waals surface area (Å²) in [4.78, 5) is 36.9. The zero-order valence-electron chi connectivity index (χ0n) is 27.6. The molecule has 2 amide bonds. The van der Waals surface area contributed by atoms with Gasteiger partial charge in [-0.2, -0.15) is 4.98 Å². The number of alkyl halides is 1. The van der Waals surface area contributed by atoms with Crippen molar-refractivity contribution in [3.8, 4) is 5.75 Å². The molecule has 1 saturated heterocycles. The SMILES string of the molecule is CCCC(F)(CC(C)C)c1cnc(Nc2ccc(C(=O)N3CCOCC3)cc2OC)nc1NCc1cccc2c1C(C)(C)C(=O)N2. The van der Waals surface area contributed by atoms with E-state index < -0.39 is 11.1 Å². The summed E-state index contributed by atoms with van der Waals surface area (Å²) in [6.07, 6.45) is 2.87. The quantitative estimate of drug-likeness (QED) is 0.206. The van der Waals surface area contributed by atoms with Gasteiger partial charge in [0.2, 0.25) is 11.9 Å². The van der Waals surface area contributed by atoms with Crippen LogP contribution in [0.25, 0.3) is 0 Å². The molecule has 2 aliphatic heterocycles. The Kier molecular flexibility index (Phi) is 9.81. The van der Waals surface area contributed by atoms with E-state index in [0.29, 0.717) is 80.5 Å². The molecule has 1 aromatic heterocycles. The largest absolute Gasteiger partial charge is 0.495 e. The fourth-order valence-electron chi connectivity index (χ4n) is 6.45. The van der Waals surface area contributed by atoms with Crippen molar-refractivity contribution in [3.63, 3.8) is 0 Å². The number of carbonyl (C=O) groups excluding carboxylic acids is 2. The second-order valence-corrected chi connectivity index (χ2v) is 13.0. The van der Waals surface area contributed by atoms with Crippen LogP contribution in [0.4, 0.5) is 27.5 Å². The highest BCUT2D eigenvalue weighted by Crippen LogP contribution is 2.43. The lowest BCUT2D eigenvalue weighted by atomic mass is 9.83. The van der Waals surface area contributed by atoms with E-state index in [4.69, 9.17) is 14.5 Å². The second kappa shape index (κ2) is 13.6. The molecule has 3 heterocycles. The molecule has 3 N–H and O–H groups in total. The van der Waals surface area contributed by atoms with Crippen LogP contribution in [0.2, 0.25) is 0 Å². The van der Waals surface area contributed by atoms with Crippen LogP contribution in [0.15, 0.2) is 42.6 Å². The van der Waals surface area contributed by atoms with Crippen LogP contribution < -0.4 is 20.7 Å². The van der Waals surface area contributed by atoms with Gasteiger partial charge in [-0.25, -0.2) is 9.37 Å². The summed E-state index contributed by atoms with van der Waals surface area (Å²) in [7, 11) is 1.54. The molecule has 0 bridgehead atoms. The van der Waals surface area contributed by atoms with Crippen LogP contribution in [0, 0.1) is 5.92 Å². The van der Waals surface area contributed by atoms with Crippen molar-refractivity contribution in [3.05, 3.63) is 64.8 Å². The molecule has 0 spiro atoms. The molecule has 1 fully saturated rings. The van der Waals surface area contributed by atoms with E-state index in [1.54, 1.807) is 29.3 Å². The number of anilines is 4. The number of benzene rings is 2. The van der Waals surface area contributed by atoms with Crippen molar-refractivity contribution in [2.45, 2.75) is 71.5 Å². The number of ether oxygens (including phenoxy) is 2. The summed E-state index contributed by atoms with van der Waals surface area (Å²) >= 11 is 0. The average molecular weight is 633 g/mol. The Balaban J connectivity index is 1.47. The number of amides is 2. The van der Waals surface area contributed by atoms with Crippen LogP contribution in [0.1, 0.15) is 80.9 Å². The topological polar surface area (TPSA) is 118 Å². The van der Waals surface area contributed by atoms with Crippen LogP contribution in [0.3, 0.4) is 0 Å². The van der Waals surface area contributed by atoms with E-state index in [-0.39, 0.29) is 23.7 Å². The van der Waals surface area contributed by atoms with Crippen molar-refractivity contribution >= 4 is 35.0 Å². The Morgan fingerprint density at radius 2 is 1.98 bits per heavy atom. The lowest BCUT2D eigenvalue weighted by Crippen LogP contribution is -2.40. The van der Waals surface area contributed by atoms with Gasteiger partial charge in [-0.15, -0.1) is 0 Å². The molecule has 1 atom stereocenters. The fraction of sp³-hybridized carbons (Fsp3) is 0.486. The summed E-state index contributed by atoms with van der Waals surface area (Å²) in [6.45, 7) is 12.2. The average Bonchev–Trinajstić information content (AvgIpc) is 3.27. The smallest absolute Gasteiger partial charge is 0.254 e. The number of methoxy groups -OCH3 is 1. The minimum absolute atomic E-state index is 0.0570. The minimum Gasteiger partial charge on any atom is -0.495 e. The first-order valence-electron chi connectivity index (χ1n) is 16.0. The number of hydrogen-bond donors (Lipinski definition) is 3. The fourth-order valence-corrected chi connectivity index (χ4v) is 6.45. The summed E-state index contributed by atoms with van der Waals surface area (Å²) < 4.78 is 27.9. The highest BCUT2D eigenvalue weighted by Gasteiger charge is 2.40. The first-order valence-corrected chi connectivity index (χ1v) is 16.0. The van der Waals surface area contributed by atoms with Crippen LogP contribution in [-0.2, 0) is 27.2 Å². The molecule has 0 saturated carbocycles. The Bertz CT molecular complexity index is 1590. The first kappa shape index (κ1) is 33.1. The maximum Gasteiger partial charge on any atom is 0.254 e. The lowest BCUT2D eigenvalue weighted by Gasteiger charge is -2.29. The van der Waals surface area contributed by atoms with Crippen LogP contribution >= 0.6 is 0 Å². The molecule has 1 unspecified atom stereocenters. The molecule has 2 aliphatic rings. The third-order valence-electron chi connectivity index (χ3n) is 8.68. The normalized spacial score (nSPS) is 16.9. The summed E-state index contributed by atoms with van der Waals surface area (Å²) in [5, 5.41) is 9.59. The zero-order valence-corrected chi connectivity index (χ0v) is 27.6. The van der Waals surface area contributed by atoms with E-state index >= 15 is 4.39 Å². The molecule has 3 aromatic rings. The molecule has 0 radical (unpaired) electrons. The number of nitrogens with zero attached hydrogens (tertiary/aromatic N) is 3. The number of hydrogen-bond acceptors (Lipinski definition) is 8. The van der Waals surface area contributed by atoms with E-state index in [2.05, 4.69) is 20.9 Å². The van der Waals surface area contributed by atoms with Crippen molar-refractivity contribution < 1.29 is 23.5 Å². The molecule has 46 heavy (non-hydrogen) atoms. The predicted molar refractivity (Wildman–Crippen MR) is 178 cm³/mol. The minimum atomic E-state index is -1.64. The highest BCUT2D eigenvalue weighted by molar-refractivity contribution is 6.06. The van der Waals surface area contributed by atoms with Crippen molar-refractivity contribution in [2.24, 2.45) is 5.92 Å². The van der Waals surface area contributed by atoms with Gasteiger partial charge in [0.15, 0.2) is 0 Å². The van der Waals surface area contributed by atoms with Gasteiger partial charge in [0.25, 0.3) is 5.91 Å². The summed E-state index contributed by atoms with van der Waals surface area (Å²) in [5.74, 6) is 1.04. The van der Waals surface area contributed by atoms with Crippen LogP contribution in [0.5, 0.6) is 5.75 Å². The van der Waals surface area contributed by atoms with Crippen molar-refractivity contribution in [2.75, 3.05) is 49.4 Å². The van der Waals surface area contributed by atoms with Gasteiger partial charge in [-0.3, -0.25) is 9.59 Å². The van der Waals surface area contributed by atoms with E-state index in [9.17, 15) is 9.59 Å². The maximum atomic E-state index is 16.8. The number of aromatic nitrogens is 2. The monoisotopic (exact) mass is 632 g/mol. The standard InChI is InChI=1S/C35H45FN6O4/c1-7-13-35(36,19-22(2)3)25-21-38-33(40-26-12-11-23(18-28(26)45-6)31(43)42-14-16-46-17-15-42)41-30(25)37-20-24-9-8-10-27-29(24)34(4,5)32(44)39-27/h8-12,18,21-22H,7,13-17,19-20H2,1-6H3,(H,39,44)(H2,37,38,40,41). The number of halogens is 1. The van der Waals surface area contributed by atoms with Crippen molar-refractivity contribution in [1.82, 2.24) is 14.9 Å². The van der Waals surface area contributed by atoms with E-state index in [1.807, 2.05) is 52.8 Å². The molecule has 10 nitrogen and oxygen atoms in total. The van der Waals surface area contributed by atoms with E-state index in [1.165, 1.54) is 7.11 Å². The Morgan fingerprint density at radius 1 is 1.22 bits per heavy atom. The predicted octanol–water partition coefficient (Wildman–Crippen LogP) is 6.55. The molecule has 5 rings (SSSR count). The Morgan fingerprint density at radius 3 is 2.67 bits per heavy atom. The number of carbonyl (C=O) groups is 2. The number of nitrogens with one attached hydrogen (secondary N) is 3. The third kappa shape index (κ3) is 6.79. The third-order valence-corrected chi connectivity index (χ3v) is 8.68. The maximum absolute atomic E-state index is 16.8. The van der Waals surface area contributed by atoms with Gasteiger partial charge in [-0.1, -0.05) is 39.3 Å². The van der Waals surface area contributed by atoms with E-state index in [0.717, 1.165) is 16.8 Å². The Labute approximate surface area is 270 Å². The first-order chi connectivity index (χ1) is 22.0. The van der Waals surface area contributed by atoms with Gasteiger partial charge in [-0.05, 0) is 68.0 Å². The lowest BCUT2D eigenvalue weighted by molar-refractivity contribution is -0.119. The van der Waals surface area contributed by atoms with Gasteiger partial charge in [0, 0.05) is 42.6 Å². The molecule has 0 aliphatic carbocycles. The van der Waals surface area contributed by atoms with Gasteiger partial charge < -0.3 is 30.3 Å². The molecular formula is C35H45FN6O4. The second-order valence-electron chi connectivity index (χ2n) is 13.0. The van der Waals surface area contributed by atoms with Crippen molar-refractivity contribution in [1.29, 1.82) is 0 Å². The number of morpholine rings is 1. The highest BCUT2D eigenvalue weighted by atomic mass is 19.1. The van der Waals surface area contributed by atoms with Gasteiger partial charge >= 0.3 is 0 Å². The molecule has 11 heteroatoms. The Hall–Kier alpha value is -4.25. The zero-order chi connectivity index (χ0) is 33.1. The number of fused-ring (bicyclic) bond motifs is 1. The molecular weight excluding hydrogens is 587 g/mol. The number of rotatable bonds is 12.